The highest BCUT2D eigenvalue weighted by atomic mass is 19.1. The highest BCUT2D eigenvalue weighted by Crippen LogP contribution is 2.29. The Morgan fingerprint density at radius 3 is 3.05 bits per heavy atom. The van der Waals surface area contributed by atoms with Gasteiger partial charge < -0.3 is 10.2 Å². The van der Waals surface area contributed by atoms with E-state index in [1.165, 1.54) is 12.1 Å². The SMILES string of the molecule is CCN(c1cccc(F)c1)c1ncnc2c1CNCC2. The molecule has 0 amide bonds. The van der Waals surface area contributed by atoms with Crippen molar-refractivity contribution in [1.82, 2.24) is 15.3 Å². The third-order valence-corrected chi connectivity index (χ3v) is 3.54. The fourth-order valence-electron chi connectivity index (χ4n) is 2.59. The molecule has 1 aliphatic rings. The summed E-state index contributed by atoms with van der Waals surface area (Å²) >= 11 is 0. The van der Waals surface area contributed by atoms with E-state index in [0.29, 0.717) is 0 Å². The van der Waals surface area contributed by atoms with Gasteiger partial charge in [0.25, 0.3) is 0 Å². The lowest BCUT2D eigenvalue weighted by Crippen LogP contribution is -2.28. The lowest BCUT2D eigenvalue weighted by Gasteiger charge is -2.27. The summed E-state index contributed by atoms with van der Waals surface area (Å²) in [5.74, 6) is 0.636. The van der Waals surface area contributed by atoms with Crippen LogP contribution in [-0.2, 0) is 13.0 Å². The summed E-state index contributed by atoms with van der Waals surface area (Å²) in [7, 11) is 0. The average molecular weight is 272 g/mol. The molecular weight excluding hydrogens is 255 g/mol. The van der Waals surface area contributed by atoms with Crippen LogP contribution in [0.5, 0.6) is 0 Å². The van der Waals surface area contributed by atoms with Crippen molar-refractivity contribution >= 4 is 11.5 Å². The lowest BCUT2D eigenvalue weighted by atomic mass is 10.1. The molecule has 2 heterocycles. The van der Waals surface area contributed by atoms with Gasteiger partial charge in [-0.2, -0.15) is 0 Å². The molecule has 104 valence electrons. The molecule has 0 unspecified atom stereocenters. The zero-order valence-electron chi connectivity index (χ0n) is 11.4. The van der Waals surface area contributed by atoms with Crippen LogP contribution >= 0.6 is 0 Å². The smallest absolute Gasteiger partial charge is 0.141 e. The molecular formula is C15H17FN4. The van der Waals surface area contributed by atoms with Gasteiger partial charge in [-0.05, 0) is 25.1 Å². The molecule has 1 N–H and O–H groups in total. The number of aromatic nitrogens is 2. The fourth-order valence-corrected chi connectivity index (χ4v) is 2.59. The minimum absolute atomic E-state index is 0.234. The predicted molar refractivity (Wildman–Crippen MR) is 76.5 cm³/mol. The maximum absolute atomic E-state index is 13.4. The van der Waals surface area contributed by atoms with E-state index in [-0.39, 0.29) is 5.82 Å². The number of nitrogens with one attached hydrogen (secondary N) is 1. The molecule has 0 saturated heterocycles. The Kier molecular flexibility index (Phi) is 3.60. The first-order valence-corrected chi connectivity index (χ1v) is 6.86. The van der Waals surface area contributed by atoms with Gasteiger partial charge in [0, 0.05) is 37.3 Å². The van der Waals surface area contributed by atoms with E-state index >= 15 is 0 Å². The van der Waals surface area contributed by atoms with Gasteiger partial charge in [0.1, 0.15) is 18.0 Å². The summed E-state index contributed by atoms with van der Waals surface area (Å²) in [5, 5.41) is 3.34. The Labute approximate surface area is 117 Å². The van der Waals surface area contributed by atoms with Crippen LogP contribution in [0.3, 0.4) is 0 Å². The summed E-state index contributed by atoms with van der Waals surface area (Å²) in [4.78, 5) is 10.8. The standard InChI is InChI=1S/C15H17FN4/c1-2-20(12-5-3-4-11(16)8-12)15-13-9-17-7-6-14(13)18-10-19-15/h3-5,8,10,17H,2,6-7,9H2,1H3. The second-order valence-electron chi connectivity index (χ2n) is 4.77. The van der Waals surface area contributed by atoms with Gasteiger partial charge in [-0.3, -0.25) is 0 Å². The van der Waals surface area contributed by atoms with Crippen LogP contribution in [-0.4, -0.2) is 23.1 Å². The van der Waals surface area contributed by atoms with E-state index in [1.54, 1.807) is 12.4 Å². The van der Waals surface area contributed by atoms with Gasteiger partial charge in [-0.25, -0.2) is 14.4 Å². The molecule has 0 spiro atoms. The van der Waals surface area contributed by atoms with Crippen molar-refractivity contribution in [3.8, 4) is 0 Å². The summed E-state index contributed by atoms with van der Waals surface area (Å²) in [6.45, 7) is 4.47. The molecule has 0 atom stereocenters. The van der Waals surface area contributed by atoms with Crippen LogP contribution in [0.25, 0.3) is 0 Å². The van der Waals surface area contributed by atoms with Crippen molar-refractivity contribution in [2.45, 2.75) is 19.9 Å². The molecule has 5 heteroatoms. The first kappa shape index (κ1) is 13.0. The number of hydrogen-bond acceptors (Lipinski definition) is 4. The van der Waals surface area contributed by atoms with Crippen LogP contribution in [0, 0.1) is 5.82 Å². The van der Waals surface area contributed by atoms with Crippen molar-refractivity contribution in [3.63, 3.8) is 0 Å². The van der Waals surface area contributed by atoms with E-state index < -0.39 is 0 Å². The van der Waals surface area contributed by atoms with Gasteiger partial charge in [-0.15, -0.1) is 0 Å². The van der Waals surface area contributed by atoms with E-state index in [4.69, 9.17) is 0 Å². The molecule has 0 bridgehead atoms. The van der Waals surface area contributed by atoms with Crippen molar-refractivity contribution < 1.29 is 4.39 Å². The maximum atomic E-state index is 13.4. The summed E-state index contributed by atoms with van der Waals surface area (Å²) in [5.41, 5.74) is 3.02. The van der Waals surface area contributed by atoms with Crippen LogP contribution in [0.4, 0.5) is 15.9 Å². The summed E-state index contributed by atoms with van der Waals surface area (Å²) in [6.07, 6.45) is 2.51. The first-order valence-electron chi connectivity index (χ1n) is 6.86. The van der Waals surface area contributed by atoms with E-state index in [1.807, 2.05) is 17.9 Å². The normalized spacial score (nSPS) is 13.9. The third-order valence-electron chi connectivity index (χ3n) is 3.54. The molecule has 20 heavy (non-hydrogen) atoms. The Morgan fingerprint density at radius 1 is 1.35 bits per heavy atom. The molecule has 0 radical (unpaired) electrons. The predicted octanol–water partition coefficient (Wildman–Crippen LogP) is 2.42. The highest BCUT2D eigenvalue weighted by Gasteiger charge is 2.19. The molecule has 4 nitrogen and oxygen atoms in total. The van der Waals surface area contributed by atoms with E-state index in [0.717, 1.165) is 48.8 Å². The van der Waals surface area contributed by atoms with Crippen LogP contribution in [0.2, 0.25) is 0 Å². The molecule has 1 aromatic carbocycles. The van der Waals surface area contributed by atoms with Gasteiger partial charge in [-0.1, -0.05) is 6.07 Å². The second kappa shape index (κ2) is 5.54. The third kappa shape index (κ3) is 2.36. The van der Waals surface area contributed by atoms with E-state index in [9.17, 15) is 4.39 Å². The fraction of sp³-hybridized carbons (Fsp3) is 0.333. The quantitative estimate of drug-likeness (QED) is 0.931. The molecule has 1 aromatic heterocycles. The van der Waals surface area contributed by atoms with Gasteiger partial charge >= 0.3 is 0 Å². The maximum Gasteiger partial charge on any atom is 0.141 e. The number of fused-ring (bicyclic) bond motifs is 1. The Bertz CT molecular complexity index is 615. The zero-order chi connectivity index (χ0) is 13.9. The zero-order valence-corrected chi connectivity index (χ0v) is 11.4. The van der Waals surface area contributed by atoms with Crippen molar-refractivity contribution in [2.75, 3.05) is 18.0 Å². The molecule has 0 fully saturated rings. The minimum atomic E-state index is -0.234. The topological polar surface area (TPSA) is 41.1 Å². The van der Waals surface area contributed by atoms with Gasteiger partial charge in [0.2, 0.25) is 0 Å². The first-order chi connectivity index (χ1) is 9.79. The largest absolute Gasteiger partial charge is 0.326 e. The van der Waals surface area contributed by atoms with Crippen LogP contribution in [0.15, 0.2) is 30.6 Å². The van der Waals surface area contributed by atoms with Crippen molar-refractivity contribution in [1.29, 1.82) is 0 Å². The second-order valence-corrected chi connectivity index (χ2v) is 4.77. The highest BCUT2D eigenvalue weighted by molar-refractivity contribution is 5.63. The number of benzene rings is 1. The number of nitrogens with zero attached hydrogens (tertiary/aromatic N) is 3. The monoisotopic (exact) mass is 272 g/mol. The molecule has 0 saturated carbocycles. The Morgan fingerprint density at radius 2 is 2.25 bits per heavy atom. The number of rotatable bonds is 3. The molecule has 1 aliphatic heterocycles. The minimum Gasteiger partial charge on any atom is -0.326 e. The van der Waals surface area contributed by atoms with Gasteiger partial charge in [0.15, 0.2) is 0 Å². The molecule has 3 rings (SSSR count). The number of anilines is 2. The lowest BCUT2D eigenvalue weighted by molar-refractivity contribution is 0.622. The summed E-state index contributed by atoms with van der Waals surface area (Å²) in [6, 6.07) is 6.61. The number of hydrogen-bond donors (Lipinski definition) is 1. The van der Waals surface area contributed by atoms with Crippen LogP contribution in [0.1, 0.15) is 18.2 Å². The Hall–Kier alpha value is -2.01. The summed E-state index contributed by atoms with van der Waals surface area (Å²) < 4.78 is 13.4. The van der Waals surface area contributed by atoms with Crippen molar-refractivity contribution in [2.24, 2.45) is 0 Å². The van der Waals surface area contributed by atoms with E-state index in [2.05, 4.69) is 15.3 Å². The number of halogens is 1. The van der Waals surface area contributed by atoms with Crippen LogP contribution < -0.4 is 10.2 Å². The average Bonchev–Trinajstić information content (AvgIpc) is 2.48. The van der Waals surface area contributed by atoms with Gasteiger partial charge in [0.05, 0.1) is 5.69 Å². The van der Waals surface area contributed by atoms with Crippen molar-refractivity contribution in [3.05, 3.63) is 47.7 Å². The molecule has 0 aliphatic carbocycles. The Balaban J connectivity index is 2.06. The molecule has 2 aromatic rings.